The van der Waals surface area contributed by atoms with Crippen molar-refractivity contribution in [2.75, 3.05) is 44.2 Å². The van der Waals surface area contributed by atoms with Crippen molar-refractivity contribution >= 4 is 35.6 Å². The zero-order chi connectivity index (χ0) is 14.2. The third kappa shape index (κ3) is 5.22. The van der Waals surface area contributed by atoms with Crippen molar-refractivity contribution in [2.45, 2.75) is 6.92 Å². The number of rotatable bonds is 4. The average molecular weight is 400 g/mol. The molecule has 0 bridgehead atoms. The van der Waals surface area contributed by atoms with Gasteiger partial charge in [0.1, 0.15) is 0 Å². The monoisotopic (exact) mass is 400 g/mol. The van der Waals surface area contributed by atoms with Crippen LogP contribution in [-0.2, 0) is 0 Å². The van der Waals surface area contributed by atoms with Crippen LogP contribution in [0.1, 0.15) is 6.92 Å². The second-order valence-electron chi connectivity index (χ2n) is 4.79. The van der Waals surface area contributed by atoms with Gasteiger partial charge in [0.25, 0.3) is 0 Å². The molecule has 1 heterocycles. The van der Waals surface area contributed by atoms with Crippen molar-refractivity contribution < 1.29 is 0 Å². The van der Waals surface area contributed by atoms with Crippen molar-refractivity contribution in [1.29, 1.82) is 0 Å². The van der Waals surface area contributed by atoms with E-state index in [9.17, 15) is 0 Å². The van der Waals surface area contributed by atoms with Crippen LogP contribution < -0.4 is 10.2 Å². The van der Waals surface area contributed by atoms with E-state index in [4.69, 9.17) is 0 Å². The normalized spacial score (nSPS) is 15.4. The zero-order valence-electron chi connectivity index (χ0n) is 12.7. The summed E-state index contributed by atoms with van der Waals surface area (Å²) in [5.74, 6) is 1.00. The van der Waals surface area contributed by atoms with Gasteiger partial charge in [0.15, 0.2) is 5.96 Å². The van der Waals surface area contributed by atoms with Crippen LogP contribution in [0, 0.1) is 0 Å². The second-order valence-corrected chi connectivity index (χ2v) is 4.79. The van der Waals surface area contributed by atoms with Gasteiger partial charge in [0, 0.05) is 38.4 Å². The maximum Gasteiger partial charge on any atom is 0.194 e. The van der Waals surface area contributed by atoms with Crippen LogP contribution in [0.4, 0.5) is 5.69 Å². The van der Waals surface area contributed by atoms with Crippen LogP contribution in [-0.4, -0.2) is 50.1 Å². The molecule has 0 unspecified atom stereocenters. The maximum absolute atomic E-state index is 4.55. The van der Waals surface area contributed by atoms with E-state index in [1.54, 1.807) is 0 Å². The standard InChI is InChI=1S/C16H24N4.HI/c1-3-10-18-16(17-4-2)20-13-11-19(12-14-20)15-8-6-5-7-9-15;/h3,5-9H,1,4,10-14H2,2H3,(H,17,18);1H. The smallest absolute Gasteiger partial charge is 0.194 e. The molecular formula is C16H25IN4. The van der Waals surface area contributed by atoms with Gasteiger partial charge in [-0.25, -0.2) is 4.99 Å². The molecule has 21 heavy (non-hydrogen) atoms. The number of halogens is 1. The number of nitrogens with zero attached hydrogens (tertiary/aromatic N) is 3. The first-order valence-corrected chi connectivity index (χ1v) is 7.29. The van der Waals surface area contributed by atoms with Crippen LogP contribution in [0.25, 0.3) is 0 Å². The summed E-state index contributed by atoms with van der Waals surface area (Å²) in [6.45, 7) is 11.5. The number of para-hydroxylation sites is 1. The number of hydrogen-bond acceptors (Lipinski definition) is 2. The van der Waals surface area contributed by atoms with Gasteiger partial charge in [-0.15, -0.1) is 30.6 Å². The molecule has 0 aromatic heterocycles. The number of nitrogens with one attached hydrogen (secondary N) is 1. The quantitative estimate of drug-likeness (QED) is 0.365. The van der Waals surface area contributed by atoms with E-state index in [0.717, 1.165) is 38.7 Å². The number of piperazine rings is 1. The van der Waals surface area contributed by atoms with Crippen molar-refractivity contribution in [3.63, 3.8) is 0 Å². The molecule has 5 heteroatoms. The topological polar surface area (TPSA) is 30.9 Å². The Morgan fingerprint density at radius 1 is 1.24 bits per heavy atom. The predicted molar refractivity (Wildman–Crippen MR) is 102 cm³/mol. The van der Waals surface area contributed by atoms with Gasteiger partial charge in [-0.1, -0.05) is 24.3 Å². The third-order valence-corrected chi connectivity index (χ3v) is 3.41. The highest BCUT2D eigenvalue weighted by Gasteiger charge is 2.19. The van der Waals surface area contributed by atoms with Crippen molar-refractivity contribution in [1.82, 2.24) is 10.2 Å². The van der Waals surface area contributed by atoms with E-state index in [-0.39, 0.29) is 24.0 Å². The Kier molecular flexibility index (Phi) is 8.19. The van der Waals surface area contributed by atoms with Crippen molar-refractivity contribution in [3.8, 4) is 0 Å². The fraction of sp³-hybridized carbons (Fsp3) is 0.438. The molecule has 0 radical (unpaired) electrons. The molecule has 1 aliphatic rings. The van der Waals surface area contributed by atoms with Crippen molar-refractivity contribution in [3.05, 3.63) is 43.0 Å². The highest BCUT2D eigenvalue weighted by atomic mass is 127. The molecule has 0 spiro atoms. The Bertz CT molecular complexity index is 439. The van der Waals surface area contributed by atoms with Crippen LogP contribution in [0.15, 0.2) is 48.0 Å². The number of hydrogen-bond donors (Lipinski definition) is 1. The number of benzene rings is 1. The fourth-order valence-electron chi connectivity index (χ4n) is 2.39. The summed E-state index contributed by atoms with van der Waals surface area (Å²) in [5, 5.41) is 3.35. The van der Waals surface area contributed by atoms with E-state index in [0.29, 0.717) is 6.54 Å². The summed E-state index contributed by atoms with van der Waals surface area (Å²) >= 11 is 0. The Hall–Kier alpha value is -1.24. The first-order valence-electron chi connectivity index (χ1n) is 7.29. The fourth-order valence-corrected chi connectivity index (χ4v) is 2.39. The summed E-state index contributed by atoms with van der Waals surface area (Å²) in [4.78, 5) is 9.30. The summed E-state index contributed by atoms with van der Waals surface area (Å²) in [6.07, 6.45) is 1.83. The molecule has 1 aromatic rings. The SMILES string of the molecule is C=CCN=C(NCC)N1CCN(c2ccccc2)CC1.I. The predicted octanol–water partition coefficient (Wildman–Crippen LogP) is 2.58. The van der Waals surface area contributed by atoms with E-state index >= 15 is 0 Å². The lowest BCUT2D eigenvalue weighted by atomic mass is 10.2. The minimum atomic E-state index is 0. The summed E-state index contributed by atoms with van der Waals surface area (Å²) < 4.78 is 0. The number of guanidine groups is 1. The maximum atomic E-state index is 4.55. The lowest BCUT2D eigenvalue weighted by Gasteiger charge is -2.37. The van der Waals surface area contributed by atoms with Crippen LogP contribution >= 0.6 is 24.0 Å². The highest BCUT2D eigenvalue weighted by Crippen LogP contribution is 2.15. The number of aliphatic imine (C=N–C) groups is 1. The Morgan fingerprint density at radius 2 is 1.90 bits per heavy atom. The van der Waals surface area contributed by atoms with Crippen molar-refractivity contribution in [2.24, 2.45) is 4.99 Å². The first-order chi connectivity index (χ1) is 9.85. The lowest BCUT2D eigenvalue weighted by molar-refractivity contribution is 0.373. The molecule has 0 amide bonds. The van der Waals surface area contributed by atoms with Crippen LogP contribution in [0.5, 0.6) is 0 Å². The molecule has 4 nitrogen and oxygen atoms in total. The summed E-state index contributed by atoms with van der Waals surface area (Å²) in [5.41, 5.74) is 1.31. The minimum absolute atomic E-state index is 0. The Balaban J connectivity index is 0.00000220. The molecule has 0 aliphatic carbocycles. The largest absolute Gasteiger partial charge is 0.368 e. The highest BCUT2D eigenvalue weighted by molar-refractivity contribution is 14.0. The van der Waals surface area contributed by atoms with E-state index in [1.807, 2.05) is 6.08 Å². The molecule has 1 saturated heterocycles. The molecule has 0 atom stereocenters. The third-order valence-electron chi connectivity index (χ3n) is 3.41. The van der Waals surface area contributed by atoms with Gasteiger partial charge in [-0.05, 0) is 19.1 Å². The second kappa shape index (κ2) is 9.65. The van der Waals surface area contributed by atoms with E-state index in [2.05, 4.69) is 63.9 Å². The summed E-state index contributed by atoms with van der Waals surface area (Å²) in [7, 11) is 0. The van der Waals surface area contributed by atoms with Gasteiger partial charge in [-0.2, -0.15) is 0 Å². The molecular weight excluding hydrogens is 375 g/mol. The molecule has 1 fully saturated rings. The molecule has 0 saturated carbocycles. The van der Waals surface area contributed by atoms with Gasteiger partial charge in [-0.3, -0.25) is 0 Å². The summed E-state index contributed by atoms with van der Waals surface area (Å²) in [6, 6.07) is 10.6. The van der Waals surface area contributed by atoms with E-state index < -0.39 is 0 Å². The lowest BCUT2D eigenvalue weighted by Crippen LogP contribution is -2.52. The van der Waals surface area contributed by atoms with Crippen LogP contribution in [0.3, 0.4) is 0 Å². The van der Waals surface area contributed by atoms with Gasteiger partial charge in [0.2, 0.25) is 0 Å². The minimum Gasteiger partial charge on any atom is -0.368 e. The van der Waals surface area contributed by atoms with Gasteiger partial charge < -0.3 is 15.1 Å². The molecule has 2 rings (SSSR count). The molecule has 116 valence electrons. The van der Waals surface area contributed by atoms with Gasteiger partial charge >= 0.3 is 0 Å². The Labute approximate surface area is 144 Å². The molecule has 1 N–H and O–H groups in total. The molecule has 1 aromatic carbocycles. The zero-order valence-corrected chi connectivity index (χ0v) is 15.0. The first kappa shape index (κ1) is 17.8. The van der Waals surface area contributed by atoms with Crippen LogP contribution in [0.2, 0.25) is 0 Å². The van der Waals surface area contributed by atoms with Gasteiger partial charge in [0.05, 0.1) is 6.54 Å². The molecule has 1 aliphatic heterocycles. The average Bonchev–Trinajstić information content (AvgIpc) is 2.52. The number of anilines is 1. The van der Waals surface area contributed by atoms with E-state index in [1.165, 1.54) is 5.69 Å². The Morgan fingerprint density at radius 3 is 2.48 bits per heavy atom.